The molecule has 30 heavy (non-hydrogen) atoms. The molecule has 0 spiro atoms. The number of nitrogens with zero attached hydrogens (tertiary/aromatic N) is 7. The van der Waals surface area contributed by atoms with Crippen LogP contribution in [0.5, 0.6) is 0 Å². The molecule has 4 rings (SSSR count). The van der Waals surface area contributed by atoms with Gasteiger partial charge in [-0.25, -0.2) is 10.1 Å². The summed E-state index contributed by atoms with van der Waals surface area (Å²) in [6.45, 7) is 3.63. The fourth-order valence-electron chi connectivity index (χ4n) is 4.25. The van der Waals surface area contributed by atoms with Crippen LogP contribution >= 0.6 is 0 Å². The van der Waals surface area contributed by atoms with E-state index in [0.29, 0.717) is 24.2 Å². The van der Waals surface area contributed by atoms with Crippen molar-refractivity contribution in [1.29, 1.82) is 0 Å². The number of anilines is 1. The smallest absolute Gasteiger partial charge is 0.293 e. The second-order valence-electron chi connectivity index (χ2n) is 8.20. The minimum Gasteiger partial charge on any atom is -0.378 e. The molecule has 1 aliphatic carbocycles. The van der Waals surface area contributed by atoms with Crippen LogP contribution in [0.1, 0.15) is 74.5 Å². The monoisotopic (exact) mass is 415 g/mol. The summed E-state index contributed by atoms with van der Waals surface area (Å²) in [5.74, 6) is 0.342. The number of hydrogen-bond acceptors (Lipinski definition) is 9. The van der Waals surface area contributed by atoms with Crippen molar-refractivity contribution in [2.75, 3.05) is 12.3 Å². The first kappa shape index (κ1) is 20.5. The summed E-state index contributed by atoms with van der Waals surface area (Å²) in [4.78, 5) is 15.2. The Bertz CT molecular complexity index is 884. The normalized spacial score (nSPS) is 21.3. The molecule has 1 aliphatic heterocycles. The topological polar surface area (TPSA) is 140 Å². The van der Waals surface area contributed by atoms with Gasteiger partial charge in [0.2, 0.25) is 11.6 Å². The number of hydrazone groups is 1. The molecule has 11 nitrogen and oxygen atoms in total. The Balaban J connectivity index is 1.55. The maximum atomic E-state index is 12.8. The Morgan fingerprint density at radius 3 is 2.77 bits per heavy atom. The molecule has 1 amide bonds. The minimum atomic E-state index is -0.400. The van der Waals surface area contributed by atoms with Gasteiger partial charge in [-0.15, -0.1) is 5.10 Å². The van der Waals surface area contributed by atoms with E-state index >= 15 is 0 Å². The van der Waals surface area contributed by atoms with Gasteiger partial charge in [0.15, 0.2) is 5.69 Å². The van der Waals surface area contributed by atoms with E-state index in [0.717, 1.165) is 32.2 Å². The van der Waals surface area contributed by atoms with Gasteiger partial charge < -0.3 is 5.73 Å². The highest BCUT2D eigenvalue weighted by Gasteiger charge is 2.28. The molecule has 2 aromatic rings. The number of hydrogen-bond donors (Lipinski definition) is 2. The molecule has 2 fully saturated rings. The molecule has 1 atom stereocenters. The molecule has 2 aliphatic rings. The molecule has 3 N–H and O–H groups in total. The Labute approximate surface area is 175 Å². The van der Waals surface area contributed by atoms with Crippen LogP contribution in [0.3, 0.4) is 0 Å². The van der Waals surface area contributed by atoms with Crippen molar-refractivity contribution in [1.82, 2.24) is 35.6 Å². The van der Waals surface area contributed by atoms with E-state index in [4.69, 9.17) is 10.4 Å². The van der Waals surface area contributed by atoms with Gasteiger partial charge in [-0.3, -0.25) is 9.69 Å². The predicted molar refractivity (Wildman–Crippen MR) is 110 cm³/mol. The first-order valence-corrected chi connectivity index (χ1v) is 10.7. The van der Waals surface area contributed by atoms with Gasteiger partial charge in [0.1, 0.15) is 0 Å². The van der Waals surface area contributed by atoms with Gasteiger partial charge in [0, 0.05) is 18.8 Å². The number of carbonyl (C=O) groups excluding carboxylic acids is 1. The standard InChI is InChI=1S/C19H29N9O2/c1-13-7-5-6-10-27(13)12-15-16(22-26-28(15)18-17(20)24-30-25-18)19(29)23-21-11-14-8-3-2-4-9-14/h11,13-14H,2-10,12H2,1H3,(H2,20,24)(H,23,29)/b21-11+/t13-/m1/s1. The molecule has 3 heterocycles. The summed E-state index contributed by atoms with van der Waals surface area (Å²) in [6.07, 6.45) is 11.2. The molecule has 2 aromatic heterocycles. The molecule has 162 valence electrons. The van der Waals surface area contributed by atoms with E-state index in [2.05, 4.69) is 43.0 Å². The molecule has 0 bridgehead atoms. The van der Waals surface area contributed by atoms with Gasteiger partial charge >= 0.3 is 0 Å². The predicted octanol–water partition coefficient (Wildman–Crippen LogP) is 1.90. The Kier molecular flexibility index (Phi) is 6.36. The lowest BCUT2D eigenvalue weighted by atomic mass is 9.90. The van der Waals surface area contributed by atoms with Gasteiger partial charge in [-0.05, 0) is 55.4 Å². The largest absolute Gasteiger partial charge is 0.378 e. The van der Waals surface area contributed by atoms with Crippen molar-refractivity contribution in [3.8, 4) is 5.82 Å². The summed E-state index contributed by atoms with van der Waals surface area (Å²) < 4.78 is 6.15. The number of rotatable bonds is 6. The number of aromatic nitrogens is 5. The Morgan fingerprint density at radius 1 is 1.23 bits per heavy atom. The second-order valence-corrected chi connectivity index (χ2v) is 8.20. The Morgan fingerprint density at radius 2 is 2.03 bits per heavy atom. The lowest BCUT2D eigenvalue weighted by Crippen LogP contribution is -2.38. The van der Waals surface area contributed by atoms with Gasteiger partial charge in [-0.1, -0.05) is 30.9 Å². The molecular formula is C19H29N9O2. The molecule has 0 unspecified atom stereocenters. The maximum absolute atomic E-state index is 12.8. The van der Waals surface area contributed by atoms with Crippen molar-refractivity contribution < 1.29 is 9.42 Å². The van der Waals surface area contributed by atoms with Crippen LogP contribution < -0.4 is 11.2 Å². The highest BCUT2D eigenvalue weighted by Crippen LogP contribution is 2.23. The third-order valence-electron chi connectivity index (χ3n) is 6.07. The van der Waals surface area contributed by atoms with Crippen LogP contribution in [-0.4, -0.2) is 54.9 Å². The SMILES string of the molecule is C[C@@H]1CCCCN1Cc1c(C(=O)N/N=C/C2CCCCC2)nnn1-c1nonc1N. The number of piperidine rings is 1. The molecule has 0 aromatic carbocycles. The average molecular weight is 416 g/mol. The van der Waals surface area contributed by atoms with Crippen LogP contribution in [-0.2, 0) is 6.54 Å². The number of nitrogens with two attached hydrogens (primary N) is 1. The number of nitrogen functional groups attached to an aromatic ring is 1. The summed E-state index contributed by atoms with van der Waals surface area (Å²) in [7, 11) is 0. The van der Waals surface area contributed by atoms with Crippen molar-refractivity contribution in [2.45, 2.75) is 70.9 Å². The quantitative estimate of drug-likeness (QED) is 0.538. The highest BCUT2D eigenvalue weighted by atomic mass is 16.6. The van der Waals surface area contributed by atoms with Gasteiger partial charge in [0.25, 0.3) is 5.91 Å². The van der Waals surface area contributed by atoms with E-state index in [1.165, 1.54) is 30.4 Å². The number of nitrogens with one attached hydrogen (secondary N) is 1. The Hall–Kier alpha value is -2.82. The van der Waals surface area contributed by atoms with Crippen LogP contribution in [0.2, 0.25) is 0 Å². The van der Waals surface area contributed by atoms with E-state index in [1.54, 1.807) is 0 Å². The van der Waals surface area contributed by atoms with Crippen LogP contribution in [0, 0.1) is 5.92 Å². The van der Waals surface area contributed by atoms with Crippen molar-refractivity contribution in [2.24, 2.45) is 11.0 Å². The number of carbonyl (C=O) groups is 1. The zero-order valence-corrected chi connectivity index (χ0v) is 17.3. The lowest BCUT2D eigenvalue weighted by molar-refractivity contribution is 0.0944. The summed E-state index contributed by atoms with van der Waals surface area (Å²) in [6, 6.07) is 0.398. The van der Waals surface area contributed by atoms with Gasteiger partial charge in [-0.2, -0.15) is 9.78 Å². The zero-order valence-electron chi connectivity index (χ0n) is 17.3. The second kappa shape index (κ2) is 9.33. The number of likely N-dealkylation sites (tertiary alicyclic amines) is 1. The lowest BCUT2D eigenvalue weighted by Gasteiger charge is -2.33. The molecule has 0 radical (unpaired) electrons. The van der Waals surface area contributed by atoms with E-state index < -0.39 is 5.91 Å². The van der Waals surface area contributed by atoms with Crippen LogP contribution in [0.15, 0.2) is 9.73 Å². The highest BCUT2D eigenvalue weighted by molar-refractivity contribution is 5.93. The summed E-state index contributed by atoms with van der Waals surface area (Å²) in [5.41, 5.74) is 9.27. The molecular weight excluding hydrogens is 386 g/mol. The fraction of sp³-hybridized carbons (Fsp3) is 0.684. The number of amides is 1. The summed E-state index contributed by atoms with van der Waals surface area (Å²) >= 11 is 0. The first-order valence-electron chi connectivity index (χ1n) is 10.7. The van der Waals surface area contributed by atoms with E-state index in [9.17, 15) is 4.79 Å². The minimum absolute atomic E-state index is 0.0927. The first-order chi connectivity index (χ1) is 14.6. The van der Waals surface area contributed by atoms with Crippen molar-refractivity contribution in [3.63, 3.8) is 0 Å². The maximum Gasteiger partial charge on any atom is 0.293 e. The molecule has 1 saturated heterocycles. The average Bonchev–Trinajstić information content (AvgIpc) is 3.36. The van der Waals surface area contributed by atoms with Crippen molar-refractivity contribution >= 4 is 17.9 Å². The van der Waals surface area contributed by atoms with Crippen LogP contribution in [0.4, 0.5) is 5.82 Å². The van der Waals surface area contributed by atoms with Crippen LogP contribution in [0.25, 0.3) is 5.82 Å². The van der Waals surface area contributed by atoms with E-state index in [1.807, 2.05) is 6.21 Å². The zero-order chi connectivity index (χ0) is 20.9. The molecule has 1 saturated carbocycles. The van der Waals surface area contributed by atoms with Gasteiger partial charge in [0.05, 0.1) is 5.69 Å². The third kappa shape index (κ3) is 4.50. The molecule has 11 heteroatoms. The van der Waals surface area contributed by atoms with E-state index in [-0.39, 0.29) is 17.3 Å². The van der Waals surface area contributed by atoms with Crippen molar-refractivity contribution in [3.05, 3.63) is 11.4 Å². The fourth-order valence-corrected chi connectivity index (χ4v) is 4.25. The summed E-state index contributed by atoms with van der Waals surface area (Å²) in [5, 5.41) is 19.8. The third-order valence-corrected chi connectivity index (χ3v) is 6.07.